The average Bonchev–Trinajstić information content (AvgIpc) is 2.32. The highest BCUT2D eigenvalue weighted by molar-refractivity contribution is 5.89. The van der Waals surface area contributed by atoms with Gasteiger partial charge in [0.2, 0.25) is 0 Å². The number of rotatable bonds is 6. The molecule has 2 atom stereocenters. The summed E-state index contributed by atoms with van der Waals surface area (Å²) in [5.41, 5.74) is -0.740. The third kappa shape index (κ3) is 7.70. The van der Waals surface area contributed by atoms with Crippen molar-refractivity contribution in [1.82, 2.24) is 5.32 Å². The van der Waals surface area contributed by atoms with Crippen LogP contribution in [0.2, 0.25) is 0 Å². The van der Waals surface area contributed by atoms with Gasteiger partial charge in [-0.15, -0.1) is 0 Å². The molecule has 0 radical (unpaired) electrons. The van der Waals surface area contributed by atoms with E-state index in [0.717, 1.165) is 0 Å². The Morgan fingerprint density at radius 2 is 1.81 bits per heavy atom. The van der Waals surface area contributed by atoms with Gasteiger partial charge in [0.1, 0.15) is 11.7 Å². The maximum atomic E-state index is 11.8. The second kappa shape index (κ2) is 8.02. The van der Waals surface area contributed by atoms with Crippen molar-refractivity contribution in [3.63, 3.8) is 0 Å². The van der Waals surface area contributed by atoms with E-state index < -0.39 is 29.8 Å². The molecule has 0 bridgehead atoms. The zero-order chi connectivity index (χ0) is 16.8. The van der Waals surface area contributed by atoms with Crippen molar-refractivity contribution in [2.24, 2.45) is 5.92 Å². The Bertz CT molecular complexity index is 384. The van der Waals surface area contributed by atoms with E-state index >= 15 is 0 Å². The van der Waals surface area contributed by atoms with Crippen molar-refractivity contribution in [3.8, 4) is 0 Å². The van der Waals surface area contributed by atoms with Crippen molar-refractivity contribution in [2.75, 3.05) is 7.11 Å². The van der Waals surface area contributed by atoms with Crippen molar-refractivity contribution in [1.29, 1.82) is 0 Å². The summed E-state index contributed by atoms with van der Waals surface area (Å²) < 4.78 is 9.69. The second-order valence-electron chi connectivity index (χ2n) is 6.34. The fourth-order valence-corrected chi connectivity index (χ4v) is 1.73. The Morgan fingerprint density at radius 3 is 2.19 bits per heavy atom. The molecule has 0 spiro atoms. The van der Waals surface area contributed by atoms with Crippen LogP contribution in [0.15, 0.2) is 12.2 Å². The normalized spacial score (nSPS) is 14.3. The van der Waals surface area contributed by atoms with Gasteiger partial charge in [-0.1, -0.05) is 20.4 Å². The number of carbonyl (C=O) groups is 2. The van der Waals surface area contributed by atoms with Crippen LogP contribution in [-0.4, -0.2) is 42.0 Å². The van der Waals surface area contributed by atoms with Crippen LogP contribution >= 0.6 is 0 Å². The summed E-state index contributed by atoms with van der Waals surface area (Å²) in [7, 11) is 1.21. The Hall–Kier alpha value is -1.56. The van der Waals surface area contributed by atoms with E-state index in [1.54, 1.807) is 20.8 Å². The highest BCUT2D eigenvalue weighted by atomic mass is 16.6. The largest absolute Gasteiger partial charge is 0.466 e. The number of aliphatic hydroxyl groups excluding tert-OH is 1. The van der Waals surface area contributed by atoms with Crippen LogP contribution in [-0.2, 0) is 14.3 Å². The zero-order valence-electron chi connectivity index (χ0n) is 13.7. The topological polar surface area (TPSA) is 84.9 Å². The molecule has 6 heteroatoms. The lowest BCUT2D eigenvalue weighted by Gasteiger charge is -2.28. The van der Waals surface area contributed by atoms with Gasteiger partial charge in [0.05, 0.1) is 18.7 Å². The first-order chi connectivity index (χ1) is 9.47. The summed E-state index contributed by atoms with van der Waals surface area (Å²) in [6.45, 7) is 12.6. The summed E-state index contributed by atoms with van der Waals surface area (Å²) in [5.74, 6) is -0.507. The van der Waals surface area contributed by atoms with Crippen LogP contribution in [0.5, 0.6) is 0 Å². The van der Waals surface area contributed by atoms with Gasteiger partial charge in [-0.25, -0.2) is 9.59 Å². The van der Waals surface area contributed by atoms with Gasteiger partial charge in [0.25, 0.3) is 0 Å². The van der Waals surface area contributed by atoms with E-state index in [9.17, 15) is 14.7 Å². The first-order valence-corrected chi connectivity index (χ1v) is 6.92. The van der Waals surface area contributed by atoms with Crippen molar-refractivity contribution < 1.29 is 24.2 Å². The Kier molecular flexibility index (Phi) is 7.43. The summed E-state index contributed by atoms with van der Waals surface area (Å²) in [5, 5.41) is 12.8. The lowest BCUT2D eigenvalue weighted by atomic mass is 9.95. The second-order valence-corrected chi connectivity index (χ2v) is 6.34. The minimum atomic E-state index is -1.23. The first-order valence-electron chi connectivity index (χ1n) is 6.92. The molecule has 0 aliphatic carbocycles. The third-order valence-corrected chi connectivity index (χ3v) is 2.61. The maximum Gasteiger partial charge on any atom is 0.407 e. The summed E-state index contributed by atoms with van der Waals surface area (Å²) in [4.78, 5) is 23.3. The number of ether oxygens (including phenoxy) is 2. The zero-order valence-corrected chi connectivity index (χ0v) is 13.7. The molecule has 0 fully saturated rings. The number of amides is 1. The van der Waals surface area contributed by atoms with Crippen molar-refractivity contribution >= 4 is 12.1 Å². The molecule has 2 N–H and O–H groups in total. The smallest absolute Gasteiger partial charge is 0.407 e. The minimum Gasteiger partial charge on any atom is -0.466 e. The average molecular weight is 301 g/mol. The minimum absolute atomic E-state index is 0.0980. The molecule has 0 aromatic heterocycles. The van der Waals surface area contributed by atoms with E-state index in [1.165, 1.54) is 7.11 Å². The van der Waals surface area contributed by atoms with Crippen molar-refractivity contribution in [2.45, 2.75) is 58.8 Å². The van der Waals surface area contributed by atoms with E-state index in [4.69, 9.17) is 4.74 Å². The fourth-order valence-electron chi connectivity index (χ4n) is 1.73. The van der Waals surface area contributed by atoms with E-state index in [2.05, 4.69) is 16.6 Å². The van der Waals surface area contributed by atoms with Crippen LogP contribution in [0.1, 0.15) is 41.0 Å². The number of hydrogen-bond acceptors (Lipinski definition) is 5. The molecule has 0 aromatic rings. The van der Waals surface area contributed by atoms with Crippen LogP contribution < -0.4 is 5.32 Å². The summed E-state index contributed by atoms with van der Waals surface area (Å²) in [6.07, 6.45) is -1.41. The van der Waals surface area contributed by atoms with Crippen LogP contribution in [0.25, 0.3) is 0 Å². The molecule has 122 valence electrons. The number of alkyl carbamates (subject to hydrolysis) is 1. The monoisotopic (exact) mass is 301 g/mol. The van der Waals surface area contributed by atoms with Gasteiger partial charge in [0, 0.05) is 0 Å². The van der Waals surface area contributed by atoms with Gasteiger partial charge in [-0.2, -0.15) is 0 Å². The van der Waals surface area contributed by atoms with Gasteiger partial charge in [0.15, 0.2) is 0 Å². The predicted molar refractivity (Wildman–Crippen MR) is 79.8 cm³/mol. The number of aliphatic hydroxyl groups is 1. The number of methoxy groups -OCH3 is 1. The quantitative estimate of drug-likeness (QED) is 0.579. The van der Waals surface area contributed by atoms with E-state index in [-0.39, 0.29) is 11.5 Å². The molecule has 0 heterocycles. The molecule has 0 aromatic carbocycles. The standard InChI is InChI=1S/C15H27NO5/c1-9(2)8-11(12(17)10(3)13(18)20-7)16-14(19)21-15(4,5)6/h9,11-12,17H,3,8H2,1-2,4-7H3,(H,16,19)/t11-,12-/m0/s1. The molecule has 0 saturated carbocycles. The molecule has 0 rings (SSSR count). The lowest BCUT2D eigenvalue weighted by molar-refractivity contribution is -0.137. The molecule has 21 heavy (non-hydrogen) atoms. The SMILES string of the molecule is C=C(C(=O)OC)[C@H](O)[C@H](CC(C)C)NC(=O)OC(C)(C)C. The fraction of sp³-hybridized carbons (Fsp3) is 0.733. The lowest BCUT2D eigenvalue weighted by Crippen LogP contribution is -2.47. The third-order valence-electron chi connectivity index (χ3n) is 2.61. The molecule has 0 aliphatic rings. The maximum absolute atomic E-state index is 11.8. The summed E-state index contributed by atoms with van der Waals surface area (Å²) >= 11 is 0. The molecule has 1 amide bonds. The molecule has 0 unspecified atom stereocenters. The van der Waals surface area contributed by atoms with Crippen LogP contribution in [0.3, 0.4) is 0 Å². The van der Waals surface area contributed by atoms with Crippen molar-refractivity contribution in [3.05, 3.63) is 12.2 Å². The number of esters is 1. The van der Waals surface area contributed by atoms with Gasteiger partial charge in [-0.05, 0) is 33.1 Å². The van der Waals surface area contributed by atoms with E-state index in [0.29, 0.717) is 6.42 Å². The number of carbonyl (C=O) groups excluding carboxylic acids is 2. The number of hydrogen-bond donors (Lipinski definition) is 2. The predicted octanol–water partition coefficient (Wildman–Crippen LogP) is 2.02. The number of nitrogens with one attached hydrogen (secondary N) is 1. The molecule has 6 nitrogen and oxygen atoms in total. The van der Waals surface area contributed by atoms with Gasteiger partial charge < -0.3 is 19.9 Å². The molecular formula is C15H27NO5. The Morgan fingerprint density at radius 1 is 1.29 bits per heavy atom. The first kappa shape index (κ1) is 19.4. The van der Waals surface area contributed by atoms with Gasteiger partial charge >= 0.3 is 12.1 Å². The molecular weight excluding hydrogens is 274 g/mol. The van der Waals surface area contributed by atoms with Gasteiger partial charge in [-0.3, -0.25) is 0 Å². The van der Waals surface area contributed by atoms with Crippen LogP contribution in [0.4, 0.5) is 4.79 Å². The Labute approximate surface area is 126 Å². The highest BCUT2D eigenvalue weighted by Crippen LogP contribution is 2.16. The Balaban J connectivity index is 4.91. The molecule has 0 saturated heterocycles. The van der Waals surface area contributed by atoms with E-state index in [1.807, 2.05) is 13.8 Å². The van der Waals surface area contributed by atoms with Crippen LogP contribution in [0, 0.1) is 5.92 Å². The highest BCUT2D eigenvalue weighted by Gasteiger charge is 2.29. The molecule has 0 aliphatic heterocycles. The summed E-state index contributed by atoms with van der Waals surface area (Å²) in [6, 6.07) is -0.675.